The number of hydrogen-bond acceptors (Lipinski definition) is 2. The summed E-state index contributed by atoms with van der Waals surface area (Å²) in [4.78, 5) is 0. The molecule has 0 fully saturated rings. The Hall–Kier alpha value is -1.61. The minimum absolute atomic E-state index is 0.508. The Morgan fingerprint density at radius 2 is 1.90 bits per heavy atom. The lowest BCUT2D eigenvalue weighted by Crippen LogP contribution is -2.22. The van der Waals surface area contributed by atoms with Gasteiger partial charge in [-0.15, -0.1) is 0 Å². The number of aromatic nitrogens is 2. The highest BCUT2D eigenvalue weighted by atomic mass is 15.3. The van der Waals surface area contributed by atoms with Crippen LogP contribution in [0.25, 0.3) is 5.69 Å². The third-order valence-electron chi connectivity index (χ3n) is 3.83. The molecule has 0 saturated heterocycles. The van der Waals surface area contributed by atoms with E-state index in [1.54, 1.807) is 0 Å². The number of hydrogen-bond donors (Lipinski definition) is 1. The van der Waals surface area contributed by atoms with E-state index in [-0.39, 0.29) is 0 Å². The Morgan fingerprint density at radius 1 is 1.14 bits per heavy atom. The Morgan fingerprint density at radius 3 is 2.48 bits per heavy atom. The summed E-state index contributed by atoms with van der Waals surface area (Å²) < 4.78 is 2.09. The summed E-state index contributed by atoms with van der Waals surface area (Å²) in [5, 5.41) is 8.19. The molecule has 0 bridgehead atoms. The van der Waals surface area contributed by atoms with Crippen LogP contribution in [0.15, 0.2) is 24.3 Å². The highest BCUT2D eigenvalue weighted by Gasteiger charge is 2.09. The molecule has 2 rings (SSSR count). The molecule has 0 saturated carbocycles. The van der Waals surface area contributed by atoms with Gasteiger partial charge in [0.2, 0.25) is 0 Å². The van der Waals surface area contributed by atoms with Crippen molar-refractivity contribution in [1.29, 1.82) is 0 Å². The van der Waals surface area contributed by atoms with Gasteiger partial charge >= 0.3 is 0 Å². The van der Waals surface area contributed by atoms with Crippen LogP contribution in [0.5, 0.6) is 0 Å². The second kappa shape index (κ2) is 6.90. The second-order valence-electron chi connectivity index (χ2n) is 5.89. The van der Waals surface area contributed by atoms with Gasteiger partial charge in [0.25, 0.3) is 0 Å². The van der Waals surface area contributed by atoms with Crippen molar-refractivity contribution in [2.75, 3.05) is 0 Å². The van der Waals surface area contributed by atoms with Crippen molar-refractivity contribution in [3.63, 3.8) is 0 Å². The van der Waals surface area contributed by atoms with Crippen molar-refractivity contribution >= 4 is 0 Å². The van der Waals surface area contributed by atoms with Gasteiger partial charge < -0.3 is 5.32 Å². The predicted octanol–water partition coefficient (Wildman–Crippen LogP) is 3.80. The van der Waals surface area contributed by atoms with Crippen LogP contribution in [0.3, 0.4) is 0 Å². The van der Waals surface area contributed by atoms with Gasteiger partial charge in [-0.25, -0.2) is 4.68 Å². The Labute approximate surface area is 128 Å². The monoisotopic (exact) mass is 285 g/mol. The zero-order chi connectivity index (χ0) is 15.4. The first-order valence-corrected chi connectivity index (χ1v) is 7.96. The molecule has 0 spiro atoms. The summed E-state index contributed by atoms with van der Waals surface area (Å²) in [7, 11) is 0. The molecule has 0 aliphatic rings. The minimum atomic E-state index is 0.508. The van der Waals surface area contributed by atoms with Crippen LogP contribution >= 0.6 is 0 Å². The summed E-state index contributed by atoms with van der Waals surface area (Å²) in [5.74, 6) is 0. The fraction of sp³-hybridized carbons (Fsp3) is 0.500. The lowest BCUT2D eigenvalue weighted by Gasteiger charge is -2.13. The molecule has 1 N–H and O–H groups in total. The first-order valence-electron chi connectivity index (χ1n) is 7.96. The van der Waals surface area contributed by atoms with Crippen molar-refractivity contribution in [3.05, 3.63) is 46.8 Å². The van der Waals surface area contributed by atoms with E-state index in [2.05, 4.69) is 68.9 Å². The number of aryl methyl sites for hydroxylation is 3. The lowest BCUT2D eigenvalue weighted by atomic mass is 10.1. The van der Waals surface area contributed by atoms with E-state index in [4.69, 9.17) is 5.10 Å². The van der Waals surface area contributed by atoms with E-state index in [0.717, 1.165) is 30.8 Å². The van der Waals surface area contributed by atoms with E-state index in [1.807, 2.05) is 0 Å². The molecule has 114 valence electrons. The van der Waals surface area contributed by atoms with Crippen LogP contribution in [0.1, 0.15) is 50.2 Å². The highest BCUT2D eigenvalue weighted by Crippen LogP contribution is 2.18. The molecule has 0 aliphatic heterocycles. The Kier molecular flexibility index (Phi) is 5.18. The van der Waals surface area contributed by atoms with E-state index in [9.17, 15) is 0 Å². The molecular weight excluding hydrogens is 258 g/mol. The van der Waals surface area contributed by atoms with Gasteiger partial charge in [0, 0.05) is 18.3 Å². The van der Waals surface area contributed by atoms with Crippen molar-refractivity contribution in [3.8, 4) is 5.69 Å². The van der Waals surface area contributed by atoms with E-state index >= 15 is 0 Å². The first kappa shape index (κ1) is 15.8. The Balaban J connectivity index is 2.29. The molecule has 21 heavy (non-hydrogen) atoms. The summed E-state index contributed by atoms with van der Waals surface area (Å²) in [6.45, 7) is 11.8. The van der Waals surface area contributed by atoms with Gasteiger partial charge in [0.15, 0.2) is 0 Å². The van der Waals surface area contributed by atoms with Crippen molar-refractivity contribution in [2.24, 2.45) is 0 Å². The fourth-order valence-electron chi connectivity index (χ4n) is 2.45. The average molecular weight is 285 g/mol. The number of benzene rings is 1. The van der Waals surface area contributed by atoms with Gasteiger partial charge in [-0.3, -0.25) is 0 Å². The maximum Gasteiger partial charge on any atom is 0.0651 e. The molecule has 3 nitrogen and oxygen atoms in total. The van der Waals surface area contributed by atoms with E-state index in [1.165, 1.54) is 16.8 Å². The molecule has 3 heteroatoms. The standard InChI is InChI=1S/C18H27N3/c1-6-16-11-17(7-2)21(20-16)18-9-8-15(14(5)10-18)12-19-13(3)4/h8-11,13,19H,6-7,12H2,1-5H3. The zero-order valence-electron chi connectivity index (χ0n) is 13.9. The SMILES string of the molecule is CCc1cc(CC)n(-c2ccc(CNC(C)C)c(C)c2)n1. The van der Waals surface area contributed by atoms with Crippen LogP contribution in [0.2, 0.25) is 0 Å². The van der Waals surface area contributed by atoms with Crippen LogP contribution in [0.4, 0.5) is 0 Å². The third kappa shape index (κ3) is 3.73. The van der Waals surface area contributed by atoms with Crippen LogP contribution in [-0.4, -0.2) is 15.8 Å². The zero-order valence-corrected chi connectivity index (χ0v) is 13.9. The van der Waals surface area contributed by atoms with Crippen molar-refractivity contribution in [1.82, 2.24) is 15.1 Å². The molecule has 0 amide bonds. The smallest absolute Gasteiger partial charge is 0.0651 e. The molecule has 0 unspecified atom stereocenters. The van der Waals surface area contributed by atoms with Gasteiger partial charge in [-0.1, -0.05) is 33.8 Å². The van der Waals surface area contributed by atoms with Crippen LogP contribution < -0.4 is 5.32 Å². The molecule has 2 aromatic rings. The topological polar surface area (TPSA) is 29.9 Å². The molecule has 0 radical (unpaired) electrons. The largest absolute Gasteiger partial charge is 0.310 e. The summed E-state index contributed by atoms with van der Waals surface area (Å²) in [6, 6.07) is 9.35. The number of nitrogens with zero attached hydrogens (tertiary/aromatic N) is 2. The first-order chi connectivity index (χ1) is 10.0. The van der Waals surface area contributed by atoms with Gasteiger partial charge in [-0.05, 0) is 49.1 Å². The van der Waals surface area contributed by atoms with Crippen LogP contribution in [-0.2, 0) is 19.4 Å². The maximum atomic E-state index is 4.72. The highest BCUT2D eigenvalue weighted by molar-refractivity contribution is 5.41. The molecule has 1 aromatic heterocycles. The predicted molar refractivity (Wildman–Crippen MR) is 89.0 cm³/mol. The number of rotatable bonds is 6. The second-order valence-corrected chi connectivity index (χ2v) is 5.89. The Bertz CT molecular complexity index is 597. The minimum Gasteiger partial charge on any atom is -0.310 e. The lowest BCUT2D eigenvalue weighted by molar-refractivity contribution is 0.587. The molecule has 0 aliphatic carbocycles. The van der Waals surface area contributed by atoms with E-state index < -0.39 is 0 Å². The molecule has 0 atom stereocenters. The van der Waals surface area contributed by atoms with Crippen molar-refractivity contribution in [2.45, 2.75) is 60.0 Å². The third-order valence-corrected chi connectivity index (χ3v) is 3.83. The quantitative estimate of drug-likeness (QED) is 0.875. The van der Waals surface area contributed by atoms with Crippen molar-refractivity contribution < 1.29 is 0 Å². The van der Waals surface area contributed by atoms with Gasteiger partial charge in [0.1, 0.15) is 0 Å². The summed E-state index contributed by atoms with van der Waals surface area (Å²) in [6.07, 6.45) is 1.98. The summed E-state index contributed by atoms with van der Waals surface area (Å²) in [5.41, 5.74) is 6.27. The molecular formula is C18H27N3. The maximum absolute atomic E-state index is 4.72. The number of nitrogens with one attached hydrogen (secondary N) is 1. The molecule has 1 heterocycles. The van der Waals surface area contributed by atoms with Gasteiger partial charge in [-0.2, -0.15) is 5.10 Å². The van der Waals surface area contributed by atoms with Gasteiger partial charge in [0.05, 0.1) is 11.4 Å². The normalized spacial score (nSPS) is 11.3. The fourth-order valence-corrected chi connectivity index (χ4v) is 2.45. The average Bonchev–Trinajstić information content (AvgIpc) is 2.89. The summed E-state index contributed by atoms with van der Waals surface area (Å²) >= 11 is 0. The van der Waals surface area contributed by atoms with Crippen LogP contribution in [0, 0.1) is 6.92 Å². The van der Waals surface area contributed by atoms with E-state index in [0.29, 0.717) is 6.04 Å². The molecule has 1 aromatic carbocycles.